The summed E-state index contributed by atoms with van der Waals surface area (Å²) in [5, 5.41) is 2.86. The monoisotopic (exact) mass is 392 g/mol. The van der Waals surface area contributed by atoms with Crippen LogP contribution in [-0.4, -0.2) is 24.1 Å². The first kappa shape index (κ1) is 20.8. The standard InChI is InChI=1S/C24H28N2O3/c1-2-4-18-6-10-20(11-7-18)22(27)14-15-23(28)25-17-19-8-12-21(13-9-19)26-16-3-5-24(26)29/h6-13H,2-5,14-17H2,1H3,(H,25,28). The van der Waals surface area contributed by atoms with Crippen molar-refractivity contribution in [2.45, 2.75) is 52.0 Å². The number of hydrogen-bond acceptors (Lipinski definition) is 3. The van der Waals surface area contributed by atoms with Gasteiger partial charge in [-0.3, -0.25) is 14.4 Å². The van der Waals surface area contributed by atoms with Crippen LogP contribution in [0.2, 0.25) is 0 Å². The molecule has 1 aliphatic heterocycles. The van der Waals surface area contributed by atoms with Gasteiger partial charge in [0.25, 0.3) is 0 Å². The Morgan fingerprint density at radius 3 is 2.28 bits per heavy atom. The molecule has 0 bridgehead atoms. The lowest BCUT2D eigenvalue weighted by Crippen LogP contribution is -2.24. The molecule has 5 nitrogen and oxygen atoms in total. The van der Waals surface area contributed by atoms with Gasteiger partial charge < -0.3 is 10.2 Å². The number of nitrogens with one attached hydrogen (secondary N) is 1. The summed E-state index contributed by atoms with van der Waals surface area (Å²) >= 11 is 0. The second-order valence-electron chi connectivity index (χ2n) is 7.46. The van der Waals surface area contributed by atoms with Crippen LogP contribution in [-0.2, 0) is 22.6 Å². The minimum atomic E-state index is -0.139. The van der Waals surface area contributed by atoms with E-state index in [9.17, 15) is 14.4 Å². The van der Waals surface area contributed by atoms with Gasteiger partial charge in [-0.1, -0.05) is 49.7 Å². The van der Waals surface area contributed by atoms with E-state index in [0.29, 0.717) is 18.5 Å². The molecule has 0 unspecified atom stereocenters. The van der Waals surface area contributed by atoms with Crippen LogP contribution in [0.3, 0.4) is 0 Å². The van der Waals surface area contributed by atoms with E-state index in [1.54, 1.807) is 4.90 Å². The van der Waals surface area contributed by atoms with Crippen molar-refractivity contribution in [2.24, 2.45) is 0 Å². The summed E-state index contributed by atoms with van der Waals surface area (Å²) in [6.45, 7) is 3.30. The summed E-state index contributed by atoms with van der Waals surface area (Å²) in [6, 6.07) is 15.3. The normalized spacial score (nSPS) is 13.6. The first-order valence-corrected chi connectivity index (χ1v) is 10.3. The van der Waals surface area contributed by atoms with Gasteiger partial charge in [-0.15, -0.1) is 0 Å². The van der Waals surface area contributed by atoms with Crippen LogP contribution in [0.15, 0.2) is 48.5 Å². The molecule has 1 fully saturated rings. The summed E-state index contributed by atoms with van der Waals surface area (Å²) in [4.78, 5) is 38.0. The lowest BCUT2D eigenvalue weighted by molar-refractivity contribution is -0.121. The molecule has 2 aromatic rings. The van der Waals surface area contributed by atoms with Crippen LogP contribution >= 0.6 is 0 Å². The van der Waals surface area contributed by atoms with Crippen molar-refractivity contribution in [2.75, 3.05) is 11.4 Å². The van der Waals surface area contributed by atoms with Crippen molar-refractivity contribution in [3.63, 3.8) is 0 Å². The molecule has 2 amide bonds. The average Bonchev–Trinajstić information content (AvgIpc) is 3.17. The Morgan fingerprint density at radius 1 is 0.966 bits per heavy atom. The van der Waals surface area contributed by atoms with Crippen LogP contribution in [0.5, 0.6) is 0 Å². The van der Waals surface area contributed by atoms with Crippen LogP contribution in [0.4, 0.5) is 5.69 Å². The third-order valence-corrected chi connectivity index (χ3v) is 5.20. The second kappa shape index (κ2) is 10.0. The van der Waals surface area contributed by atoms with Gasteiger partial charge in [-0.05, 0) is 36.1 Å². The number of rotatable bonds is 9. The van der Waals surface area contributed by atoms with Gasteiger partial charge in [0, 0.05) is 43.6 Å². The Morgan fingerprint density at radius 2 is 1.66 bits per heavy atom. The van der Waals surface area contributed by atoms with Crippen molar-refractivity contribution in [1.82, 2.24) is 5.32 Å². The minimum Gasteiger partial charge on any atom is -0.352 e. The topological polar surface area (TPSA) is 66.5 Å². The highest BCUT2D eigenvalue weighted by Gasteiger charge is 2.21. The number of ketones is 1. The molecule has 3 rings (SSSR count). The van der Waals surface area contributed by atoms with Crippen LogP contribution < -0.4 is 10.2 Å². The van der Waals surface area contributed by atoms with E-state index in [1.807, 2.05) is 48.5 Å². The van der Waals surface area contributed by atoms with E-state index < -0.39 is 0 Å². The minimum absolute atomic E-state index is 0.0113. The maximum Gasteiger partial charge on any atom is 0.227 e. The molecule has 1 aliphatic rings. The van der Waals surface area contributed by atoms with Gasteiger partial charge in [0.2, 0.25) is 11.8 Å². The maximum absolute atomic E-state index is 12.3. The second-order valence-corrected chi connectivity index (χ2v) is 7.46. The number of anilines is 1. The molecule has 1 saturated heterocycles. The van der Waals surface area contributed by atoms with Crippen LogP contribution in [0.1, 0.15) is 60.5 Å². The summed E-state index contributed by atoms with van der Waals surface area (Å²) in [7, 11) is 0. The first-order valence-electron chi connectivity index (χ1n) is 10.3. The predicted molar refractivity (Wildman–Crippen MR) is 114 cm³/mol. The largest absolute Gasteiger partial charge is 0.352 e. The highest BCUT2D eigenvalue weighted by Crippen LogP contribution is 2.21. The van der Waals surface area contributed by atoms with Crippen molar-refractivity contribution in [3.8, 4) is 0 Å². The number of carbonyl (C=O) groups excluding carboxylic acids is 3. The molecular weight excluding hydrogens is 364 g/mol. The Labute approximate surface area is 172 Å². The van der Waals surface area contributed by atoms with Crippen molar-refractivity contribution in [1.29, 1.82) is 0 Å². The average molecular weight is 392 g/mol. The number of benzene rings is 2. The summed E-state index contributed by atoms with van der Waals surface area (Å²) in [5.41, 5.74) is 3.75. The molecule has 0 saturated carbocycles. The molecule has 1 N–H and O–H groups in total. The van der Waals surface area contributed by atoms with Gasteiger partial charge in [-0.25, -0.2) is 0 Å². The van der Waals surface area contributed by atoms with Crippen LogP contribution in [0, 0.1) is 0 Å². The van der Waals surface area contributed by atoms with Gasteiger partial charge in [0.05, 0.1) is 0 Å². The molecule has 2 aromatic carbocycles. The Hall–Kier alpha value is -2.95. The molecule has 0 aliphatic carbocycles. The van der Waals surface area contributed by atoms with Gasteiger partial charge >= 0.3 is 0 Å². The zero-order valence-corrected chi connectivity index (χ0v) is 16.9. The molecule has 5 heteroatoms. The van der Waals surface area contributed by atoms with E-state index >= 15 is 0 Å². The summed E-state index contributed by atoms with van der Waals surface area (Å²) in [6.07, 6.45) is 3.97. The number of carbonyl (C=O) groups is 3. The lowest BCUT2D eigenvalue weighted by atomic mass is 10.0. The van der Waals surface area contributed by atoms with Gasteiger partial charge in [0.1, 0.15) is 0 Å². The smallest absolute Gasteiger partial charge is 0.227 e. The zero-order valence-electron chi connectivity index (χ0n) is 16.9. The molecule has 29 heavy (non-hydrogen) atoms. The number of nitrogens with zero attached hydrogens (tertiary/aromatic N) is 1. The fourth-order valence-electron chi connectivity index (χ4n) is 3.52. The SMILES string of the molecule is CCCc1ccc(C(=O)CCC(=O)NCc2ccc(N3CCCC3=O)cc2)cc1. The van der Waals surface area contributed by atoms with E-state index in [0.717, 1.165) is 37.1 Å². The zero-order chi connectivity index (χ0) is 20.6. The Balaban J connectivity index is 1.42. The van der Waals surface area contributed by atoms with E-state index in [-0.39, 0.29) is 30.4 Å². The fraction of sp³-hybridized carbons (Fsp3) is 0.375. The quantitative estimate of drug-likeness (QED) is 0.655. The van der Waals surface area contributed by atoms with E-state index in [1.165, 1.54) is 5.56 Å². The van der Waals surface area contributed by atoms with Crippen molar-refractivity contribution in [3.05, 3.63) is 65.2 Å². The first-order chi connectivity index (χ1) is 14.1. The van der Waals surface area contributed by atoms with E-state index in [2.05, 4.69) is 12.2 Å². The molecule has 152 valence electrons. The summed E-state index contributed by atoms with van der Waals surface area (Å²) in [5.74, 6) is 0.0123. The number of aryl methyl sites for hydroxylation is 1. The molecular formula is C24H28N2O3. The number of Topliss-reactive ketones (excluding diaryl/α,β-unsaturated/α-hetero) is 1. The van der Waals surface area contributed by atoms with E-state index in [4.69, 9.17) is 0 Å². The van der Waals surface area contributed by atoms with Gasteiger partial charge in [0.15, 0.2) is 5.78 Å². The fourth-order valence-corrected chi connectivity index (χ4v) is 3.52. The Bertz CT molecular complexity index is 857. The van der Waals surface area contributed by atoms with Gasteiger partial charge in [-0.2, -0.15) is 0 Å². The molecule has 0 spiro atoms. The van der Waals surface area contributed by atoms with Crippen LogP contribution in [0.25, 0.3) is 0 Å². The highest BCUT2D eigenvalue weighted by molar-refractivity contribution is 5.98. The lowest BCUT2D eigenvalue weighted by Gasteiger charge is -2.16. The Kier molecular flexibility index (Phi) is 7.17. The molecule has 0 atom stereocenters. The third kappa shape index (κ3) is 5.76. The van der Waals surface area contributed by atoms with Crippen molar-refractivity contribution < 1.29 is 14.4 Å². The maximum atomic E-state index is 12.3. The molecule has 0 radical (unpaired) electrons. The number of amides is 2. The van der Waals surface area contributed by atoms with Crippen molar-refractivity contribution >= 4 is 23.3 Å². The highest BCUT2D eigenvalue weighted by atomic mass is 16.2. The third-order valence-electron chi connectivity index (χ3n) is 5.20. The predicted octanol–water partition coefficient (Wildman–Crippen LogP) is 4.05. The molecule has 1 heterocycles. The molecule has 0 aromatic heterocycles. The number of hydrogen-bond donors (Lipinski definition) is 1. The summed E-state index contributed by atoms with van der Waals surface area (Å²) < 4.78 is 0.